The zero-order chi connectivity index (χ0) is 12.3. The van der Waals surface area contributed by atoms with Crippen LogP contribution in [0.1, 0.15) is 23.7 Å². The molecule has 16 heavy (non-hydrogen) atoms. The summed E-state index contributed by atoms with van der Waals surface area (Å²) >= 11 is 6.22. The van der Waals surface area contributed by atoms with Crippen molar-refractivity contribution in [1.29, 1.82) is 0 Å². The van der Waals surface area contributed by atoms with E-state index in [4.69, 9.17) is 0 Å². The van der Waals surface area contributed by atoms with Gasteiger partial charge < -0.3 is 4.74 Å². The van der Waals surface area contributed by atoms with Gasteiger partial charge in [-0.1, -0.05) is 6.92 Å². The lowest BCUT2D eigenvalue weighted by atomic mass is 10.1. The Hall–Kier alpha value is -0.490. The Balaban J connectivity index is 3.11. The van der Waals surface area contributed by atoms with Crippen LogP contribution < -0.4 is 4.74 Å². The summed E-state index contributed by atoms with van der Waals surface area (Å²) in [5.74, 6) is -0.0781. The molecule has 1 rings (SSSR count). The second kappa shape index (κ2) is 5.72. The van der Waals surface area contributed by atoms with Crippen molar-refractivity contribution in [3.8, 4) is 5.75 Å². The fraction of sp³-hybridized carbons (Fsp3) is 0.300. The number of benzene rings is 1. The monoisotopic (exact) mass is 356 g/mol. The number of ketones is 1. The minimum absolute atomic E-state index is 0.00507. The first-order valence-corrected chi connectivity index (χ1v) is 6.01. The van der Waals surface area contributed by atoms with Crippen molar-refractivity contribution >= 4 is 37.6 Å². The van der Waals surface area contributed by atoms with Crippen LogP contribution in [0.4, 0.5) is 8.78 Å². The van der Waals surface area contributed by atoms with Crippen LogP contribution >= 0.6 is 31.9 Å². The first-order valence-electron chi connectivity index (χ1n) is 4.42. The molecule has 0 spiro atoms. The van der Waals surface area contributed by atoms with Gasteiger partial charge in [0.25, 0.3) is 0 Å². The molecule has 0 saturated carbocycles. The maximum absolute atomic E-state index is 12.0. The highest BCUT2D eigenvalue weighted by molar-refractivity contribution is 9.11. The van der Waals surface area contributed by atoms with Gasteiger partial charge in [0, 0.05) is 16.5 Å². The van der Waals surface area contributed by atoms with Crippen LogP contribution in [0.5, 0.6) is 5.75 Å². The van der Waals surface area contributed by atoms with Gasteiger partial charge in [0.1, 0.15) is 5.75 Å². The number of hydrogen-bond donors (Lipinski definition) is 0. The number of Topliss-reactive ketones (excluding diaryl/α,β-unsaturated/α-hetero) is 1. The Morgan fingerprint density at radius 2 is 2.00 bits per heavy atom. The molecular formula is C10H8Br2F2O2. The van der Waals surface area contributed by atoms with E-state index in [2.05, 4.69) is 36.6 Å². The second-order valence-electron chi connectivity index (χ2n) is 2.92. The van der Waals surface area contributed by atoms with E-state index in [0.29, 0.717) is 20.9 Å². The Morgan fingerprint density at radius 3 is 2.50 bits per heavy atom. The van der Waals surface area contributed by atoms with Crippen molar-refractivity contribution < 1.29 is 18.3 Å². The minimum Gasteiger partial charge on any atom is -0.434 e. The van der Waals surface area contributed by atoms with Crippen LogP contribution in [0.15, 0.2) is 21.1 Å². The summed E-state index contributed by atoms with van der Waals surface area (Å²) in [4.78, 5) is 11.5. The fourth-order valence-electron chi connectivity index (χ4n) is 1.12. The van der Waals surface area contributed by atoms with Crippen LogP contribution in [0, 0.1) is 0 Å². The van der Waals surface area contributed by atoms with Gasteiger partial charge in [-0.2, -0.15) is 8.78 Å². The molecule has 0 amide bonds. The molecule has 6 heteroatoms. The topological polar surface area (TPSA) is 26.3 Å². The summed E-state index contributed by atoms with van der Waals surface area (Å²) in [6.07, 6.45) is 0.347. The largest absolute Gasteiger partial charge is 0.434 e. The highest BCUT2D eigenvalue weighted by atomic mass is 79.9. The van der Waals surface area contributed by atoms with Gasteiger partial charge in [-0.25, -0.2) is 0 Å². The third-order valence-electron chi connectivity index (χ3n) is 1.86. The summed E-state index contributed by atoms with van der Waals surface area (Å²) in [7, 11) is 0. The van der Waals surface area contributed by atoms with Crippen LogP contribution in [0.3, 0.4) is 0 Å². The molecule has 0 N–H and O–H groups in total. The maximum Gasteiger partial charge on any atom is 0.387 e. The Labute approximate surface area is 108 Å². The molecule has 0 radical (unpaired) electrons. The predicted molar refractivity (Wildman–Crippen MR) is 63.1 cm³/mol. The molecule has 0 fully saturated rings. The second-order valence-corrected chi connectivity index (χ2v) is 4.63. The van der Waals surface area contributed by atoms with E-state index in [-0.39, 0.29) is 11.5 Å². The number of halogens is 4. The third-order valence-corrected chi connectivity index (χ3v) is 3.13. The maximum atomic E-state index is 12.0. The molecule has 1 aromatic rings. The summed E-state index contributed by atoms with van der Waals surface area (Å²) in [6, 6.07) is 2.81. The number of alkyl halides is 2. The lowest BCUT2D eigenvalue weighted by molar-refractivity contribution is -0.0503. The van der Waals surface area contributed by atoms with Crippen molar-refractivity contribution in [2.75, 3.05) is 0 Å². The molecule has 2 nitrogen and oxygen atoms in total. The first-order chi connectivity index (χ1) is 7.45. The Kier molecular flexibility index (Phi) is 4.86. The Bertz CT molecular complexity index is 408. The molecule has 0 aromatic heterocycles. The van der Waals surface area contributed by atoms with Crippen molar-refractivity contribution in [3.63, 3.8) is 0 Å². The number of carbonyl (C=O) groups excluding carboxylic acids is 1. The van der Waals surface area contributed by atoms with E-state index in [9.17, 15) is 13.6 Å². The minimum atomic E-state index is -2.89. The van der Waals surface area contributed by atoms with E-state index in [1.54, 1.807) is 6.92 Å². The van der Waals surface area contributed by atoms with Gasteiger partial charge in [0.2, 0.25) is 0 Å². The third kappa shape index (κ3) is 3.25. The highest BCUT2D eigenvalue weighted by Crippen LogP contribution is 2.33. The van der Waals surface area contributed by atoms with Gasteiger partial charge in [-0.05, 0) is 44.0 Å². The van der Waals surface area contributed by atoms with Crippen LogP contribution in [-0.4, -0.2) is 12.4 Å². The van der Waals surface area contributed by atoms with Gasteiger partial charge in [0.05, 0.1) is 4.47 Å². The van der Waals surface area contributed by atoms with Gasteiger partial charge in [-0.3, -0.25) is 4.79 Å². The smallest absolute Gasteiger partial charge is 0.387 e. The van der Waals surface area contributed by atoms with Crippen molar-refractivity contribution in [2.45, 2.75) is 20.0 Å². The summed E-state index contributed by atoms with van der Waals surface area (Å²) in [6.45, 7) is -1.16. The number of rotatable bonds is 4. The molecule has 0 heterocycles. The molecule has 0 saturated heterocycles. The standard InChI is InChI=1S/C10H8Br2F2O2/c1-2-8(15)5-3-7(12)9(4-6(5)11)16-10(13)14/h3-4,10H,2H2,1H3. The molecular weight excluding hydrogens is 350 g/mol. The van der Waals surface area contributed by atoms with Gasteiger partial charge in [0.15, 0.2) is 5.78 Å². The zero-order valence-electron chi connectivity index (χ0n) is 8.27. The molecule has 0 unspecified atom stereocenters. The number of ether oxygens (including phenoxy) is 1. The van der Waals surface area contributed by atoms with E-state index in [1.165, 1.54) is 12.1 Å². The van der Waals surface area contributed by atoms with Crippen LogP contribution in [-0.2, 0) is 0 Å². The summed E-state index contributed by atoms with van der Waals surface area (Å²) in [5, 5.41) is 0. The average Bonchev–Trinajstić information content (AvgIpc) is 2.21. The van der Waals surface area contributed by atoms with Crippen LogP contribution in [0.2, 0.25) is 0 Å². The molecule has 0 aliphatic carbocycles. The molecule has 0 aliphatic rings. The summed E-state index contributed by atoms with van der Waals surface area (Å²) < 4.78 is 29.1. The quantitative estimate of drug-likeness (QED) is 0.746. The van der Waals surface area contributed by atoms with Crippen LogP contribution in [0.25, 0.3) is 0 Å². The van der Waals surface area contributed by atoms with E-state index in [0.717, 1.165) is 0 Å². The molecule has 0 aliphatic heterocycles. The van der Waals surface area contributed by atoms with Gasteiger partial charge in [-0.15, -0.1) is 0 Å². The van der Waals surface area contributed by atoms with Crippen molar-refractivity contribution in [2.24, 2.45) is 0 Å². The van der Waals surface area contributed by atoms with Gasteiger partial charge >= 0.3 is 6.61 Å². The first kappa shape index (κ1) is 13.6. The highest BCUT2D eigenvalue weighted by Gasteiger charge is 2.15. The zero-order valence-corrected chi connectivity index (χ0v) is 11.4. The number of carbonyl (C=O) groups is 1. The molecule has 1 aromatic carbocycles. The molecule has 0 atom stereocenters. The van der Waals surface area contributed by atoms with Crippen molar-refractivity contribution in [3.05, 3.63) is 26.6 Å². The lowest BCUT2D eigenvalue weighted by Gasteiger charge is -2.09. The van der Waals surface area contributed by atoms with E-state index >= 15 is 0 Å². The fourth-order valence-corrected chi connectivity index (χ4v) is 2.10. The SMILES string of the molecule is CCC(=O)c1cc(Br)c(OC(F)F)cc1Br. The average molecular weight is 358 g/mol. The predicted octanol–water partition coefficient (Wildman–Crippen LogP) is 4.41. The Morgan fingerprint density at radius 1 is 1.38 bits per heavy atom. The molecule has 88 valence electrons. The lowest BCUT2D eigenvalue weighted by Crippen LogP contribution is -2.04. The molecule has 0 bridgehead atoms. The number of hydrogen-bond acceptors (Lipinski definition) is 2. The van der Waals surface area contributed by atoms with E-state index < -0.39 is 6.61 Å². The normalized spacial score (nSPS) is 10.6. The summed E-state index contributed by atoms with van der Waals surface area (Å²) in [5.41, 5.74) is 0.441. The van der Waals surface area contributed by atoms with E-state index in [1.807, 2.05) is 0 Å². The van der Waals surface area contributed by atoms with Crippen molar-refractivity contribution in [1.82, 2.24) is 0 Å².